The summed E-state index contributed by atoms with van der Waals surface area (Å²) in [4.78, 5) is 4.15. The van der Waals surface area contributed by atoms with Gasteiger partial charge in [-0.1, -0.05) is 0 Å². The first-order chi connectivity index (χ1) is 7.59. The average Bonchev–Trinajstić information content (AvgIpc) is 2.48. The summed E-state index contributed by atoms with van der Waals surface area (Å²) in [6, 6.07) is 3.67. The van der Waals surface area contributed by atoms with E-state index in [9.17, 15) is 0 Å². The Labute approximate surface area is 93.9 Å². The molecular formula is C11H14N4O. The van der Waals surface area contributed by atoms with Crippen LogP contribution in [0.1, 0.15) is 11.4 Å². The molecule has 2 rings (SSSR count). The molecule has 2 aromatic heterocycles. The largest absolute Gasteiger partial charge is 0.435 e. The highest BCUT2D eigenvalue weighted by atomic mass is 16.5. The fourth-order valence-corrected chi connectivity index (χ4v) is 1.46. The summed E-state index contributed by atoms with van der Waals surface area (Å²) in [6.45, 7) is 3.73. The molecule has 0 aliphatic rings. The number of hydrogen-bond acceptors (Lipinski definition) is 4. The van der Waals surface area contributed by atoms with Crippen LogP contribution in [0.15, 0.2) is 18.3 Å². The Morgan fingerprint density at radius 3 is 2.62 bits per heavy atom. The van der Waals surface area contributed by atoms with E-state index in [-0.39, 0.29) is 0 Å². The van der Waals surface area contributed by atoms with Crippen LogP contribution in [0.4, 0.5) is 5.69 Å². The summed E-state index contributed by atoms with van der Waals surface area (Å²) in [6.07, 6.45) is 1.72. The van der Waals surface area contributed by atoms with E-state index in [1.807, 2.05) is 26.0 Å². The van der Waals surface area contributed by atoms with Crippen molar-refractivity contribution in [3.05, 3.63) is 29.7 Å². The van der Waals surface area contributed by atoms with Crippen molar-refractivity contribution in [2.45, 2.75) is 13.8 Å². The Bertz CT molecular complexity index is 519. The minimum absolute atomic E-state index is 0.550. The normalized spacial score (nSPS) is 10.4. The SMILES string of the molecule is Cc1ncccc1Oc1c(N)c(C)nn1C. The topological polar surface area (TPSA) is 66.0 Å². The predicted molar refractivity (Wildman–Crippen MR) is 61.4 cm³/mol. The second kappa shape index (κ2) is 3.84. The first kappa shape index (κ1) is 10.5. The molecule has 0 fully saturated rings. The lowest BCUT2D eigenvalue weighted by atomic mass is 10.3. The number of anilines is 1. The van der Waals surface area contributed by atoms with E-state index >= 15 is 0 Å². The molecular weight excluding hydrogens is 204 g/mol. The van der Waals surface area contributed by atoms with Crippen LogP contribution < -0.4 is 10.5 Å². The third-order valence-electron chi connectivity index (χ3n) is 2.38. The van der Waals surface area contributed by atoms with Gasteiger partial charge in [0.25, 0.3) is 0 Å². The summed E-state index contributed by atoms with van der Waals surface area (Å²) in [7, 11) is 1.80. The van der Waals surface area contributed by atoms with Gasteiger partial charge < -0.3 is 10.5 Å². The Morgan fingerprint density at radius 2 is 2.06 bits per heavy atom. The van der Waals surface area contributed by atoms with Crippen molar-refractivity contribution in [2.24, 2.45) is 7.05 Å². The van der Waals surface area contributed by atoms with Crippen molar-refractivity contribution in [2.75, 3.05) is 5.73 Å². The zero-order valence-corrected chi connectivity index (χ0v) is 9.56. The van der Waals surface area contributed by atoms with E-state index in [0.717, 1.165) is 11.4 Å². The monoisotopic (exact) mass is 218 g/mol. The maximum Gasteiger partial charge on any atom is 0.241 e. The standard InChI is InChI=1S/C11H14N4O/c1-7-9(5-4-6-13-7)16-11-10(12)8(2)14-15(11)3/h4-6H,12H2,1-3H3. The Kier molecular flexibility index (Phi) is 2.52. The molecule has 0 aromatic carbocycles. The molecule has 0 amide bonds. The molecule has 0 radical (unpaired) electrons. The molecule has 2 heterocycles. The second-order valence-electron chi connectivity index (χ2n) is 3.62. The number of aryl methyl sites for hydroxylation is 3. The number of pyridine rings is 1. The van der Waals surface area contributed by atoms with Crippen LogP contribution in [0.3, 0.4) is 0 Å². The van der Waals surface area contributed by atoms with Crippen LogP contribution in [0.25, 0.3) is 0 Å². The molecule has 16 heavy (non-hydrogen) atoms. The maximum absolute atomic E-state index is 5.87. The smallest absolute Gasteiger partial charge is 0.241 e. The molecule has 5 nitrogen and oxygen atoms in total. The van der Waals surface area contributed by atoms with E-state index in [4.69, 9.17) is 10.5 Å². The van der Waals surface area contributed by atoms with Crippen molar-refractivity contribution in [3.63, 3.8) is 0 Å². The van der Waals surface area contributed by atoms with Gasteiger partial charge in [-0.15, -0.1) is 0 Å². The van der Waals surface area contributed by atoms with Crippen molar-refractivity contribution in [3.8, 4) is 11.6 Å². The average molecular weight is 218 g/mol. The van der Waals surface area contributed by atoms with E-state index in [0.29, 0.717) is 17.3 Å². The summed E-state index contributed by atoms with van der Waals surface area (Å²) < 4.78 is 7.33. The van der Waals surface area contributed by atoms with Crippen molar-refractivity contribution in [1.82, 2.24) is 14.8 Å². The van der Waals surface area contributed by atoms with Gasteiger partial charge in [0, 0.05) is 13.2 Å². The molecule has 0 aliphatic carbocycles. The van der Waals surface area contributed by atoms with Crippen LogP contribution in [-0.4, -0.2) is 14.8 Å². The number of hydrogen-bond donors (Lipinski definition) is 1. The summed E-state index contributed by atoms with van der Waals surface area (Å²) >= 11 is 0. The third-order valence-corrected chi connectivity index (χ3v) is 2.38. The number of nitrogen functional groups attached to an aromatic ring is 1. The Balaban J connectivity index is 2.38. The minimum Gasteiger partial charge on any atom is -0.435 e. The number of aromatic nitrogens is 3. The molecule has 0 saturated carbocycles. The van der Waals surface area contributed by atoms with E-state index in [1.165, 1.54) is 0 Å². The van der Waals surface area contributed by atoms with Gasteiger partial charge in [-0.2, -0.15) is 5.10 Å². The van der Waals surface area contributed by atoms with Crippen LogP contribution in [0, 0.1) is 13.8 Å². The Morgan fingerprint density at radius 1 is 1.31 bits per heavy atom. The van der Waals surface area contributed by atoms with Crippen molar-refractivity contribution >= 4 is 5.69 Å². The second-order valence-corrected chi connectivity index (χ2v) is 3.62. The van der Waals surface area contributed by atoms with Gasteiger partial charge in [0.1, 0.15) is 5.69 Å². The van der Waals surface area contributed by atoms with Crippen molar-refractivity contribution < 1.29 is 4.74 Å². The van der Waals surface area contributed by atoms with Gasteiger partial charge in [0.15, 0.2) is 5.75 Å². The fourth-order valence-electron chi connectivity index (χ4n) is 1.46. The highest BCUT2D eigenvalue weighted by Crippen LogP contribution is 2.29. The molecule has 2 aromatic rings. The Hall–Kier alpha value is -2.04. The first-order valence-electron chi connectivity index (χ1n) is 4.98. The maximum atomic E-state index is 5.87. The predicted octanol–water partition coefficient (Wildman–Crippen LogP) is 1.81. The summed E-state index contributed by atoms with van der Waals surface area (Å²) in [5, 5.41) is 4.18. The molecule has 0 atom stereocenters. The van der Waals surface area contributed by atoms with Gasteiger partial charge in [-0.25, -0.2) is 4.68 Å². The lowest BCUT2D eigenvalue weighted by molar-refractivity contribution is 0.427. The molecule has 0 bridgehead atoms. The number of nitrogens with two attached hydrogens (primary N) is 1. The number of rotatable bonds is 2. The van der Waals surface area contributed by atoms with Crippen LogP contribution in [-0.2, 0) is 7.05 Å². The fraction of sp³-hybridized carbons (Fsp3) is 0.273. The number of ether oxygens (including phenoxy) is 1. The van der Waals surface area contributed by atoms with Gasteiger partial charge >= 0.3 is 0 Å². The van der Waals surface area contributed by atoms with Crippen molar-refractivity contribution in [1.29, 1.82) is 0 Å². The van der Waals surface area contributed by atoms with E-state index < -0.39 is 0 Å². The number of nitrogens with zero attached hydrogens (tertiary/aromatic N) is 3. The quantitative estimate of drug-likeness (QED) is 0.834. The molecule has 5 heteroatoms. The van der Waals surface area contributed by atoms with Gasteiger partial charge in [0.2, 0.25) is 5.88 Å². The lowest BCUT2D eigenvalue weighted by Gasteiger charge is -2.08. The van der Waals surface area contributed by atoms with Crippen LogP contribution in [0.2, 0.25) is 0 Å². The molecule has 0 saturated heterocycles. The van der Waals surface area contributed by atoms with Crippen LogP contribution in [0.5, 0.6) is 11.6 Å². The van der Waals surface area contributed by atoms with E-state index in [1.54, 1.807) is 17.9 Å². The zero-order chi connectivity index (χ0) is 11.7. The zero-order valence-electron chi connectivity index (χ0n) is 9.56. The minimum atomic E-state index is 0.550. The summed E-state index contributed by atoms with van der Waals surface area (Å²) in [5.74, 6) is 1.24. The molecule has 0 aliphatic heterocycles. The lowest BCUT2D eigenvalue weighted by Crippen LogP contribution is -1.98. The third kappa shape index (κ3) is 1.71. The molecule has 2 N–H and O–H groups in total. The van der Waals surface area contributed by atoms with Gasteiger partial charge in [-0.05, 0) is 26.0 Å². The van der Waals surface area contributed by atoms with Gasteiger partial charge in [0.05, 0.1) is 11.4 Å². The van der Waals surface area contributed by atoms with E-state index in [2.05, 4.69) is 10.1 Å². The highest BCUT2D eigenvalue weighted by molar-refractivity contribution is 5.54. The molecule has 0 unspecified atom stereocenters. The first-order valence-corrected chi connectivity index (χ1v) is 4.98. The molecule has 0 spiro atoms. The summed E-state index contributed by atoms with van der Waals surface area (Å²) in [5.41, 5.74) is 8.02. The van der Waals surface area contributed by atoms with Gasteiger partial charge in [-0.3, -0.25) is 4.98 Å². The van der Waals surface area contributed by atoms with Crippen LogP contribution >= 0.6 is 0 Å². The highest BCUT2D eigenvalue weighted by Gasteiger charge is 2.13. The molecule has 84 valence electrons.